The average molecular weight is 262 g/mol. The summed E-state index contributed by atoms with van der Waals surface area (Å²) in [5.41, 5.74) is 0.719. The average Bonchev–Trinajstić information content (AvgIpc) is 2.49. The molecule has 1 saturated heterocycles. The Morgan fingerprint density at radius 3 is 1.79 bits per heavy atom. The van der Waals surface area contributed by atoms with Gasteiger partial charge in [0, 0.05) is 0 Å². The normalized spacial score (nSPS) is 23.7. The van der Waals surface area contributed by atoms with E-state index in [1.54, 1.807) is 6.08 Å². The molecular weight excluding hydrogens is 240 g/mol. The Hall–Kier alpha value is -1.20. The van der Waals surface area contributed by atoms with Crippen LogP contribution in [0.5, 0.6) is 0 Å². The summed E-state index contributed by atoms with van der Waals surface area (Å²) in [6, 6.07) is 7.63. The van der Waals surface area contributed by atoms with Gasteiger partial charge in [-0.1, -0.05) is 36.9 Å². The van der Waals surface area contributed by atoms with Crippen LogP contribution in [-0.4, -0.2) is 31.6 Å². The van der Waals surface area contributed by atoms with E-state index >= 15 is 0 Å². The SMILES string of the molecule is C=Cc1ccc(C2N(O)C(C)(C)C(C)(C)N2O)cc1. The highest BCUT2D eigenvalue weighted by Crippen LogP contribution is 2.47. The van der Waals surface area contributed by atoms with Crippen LogP contribution in [0.1, 0.15) is 45.0 Å². The number of hydroxylamine groups is 4. The maximum atomic E-state index is 10.4. The van der Waals surface area contributed by atoms with E-state index in [4.69, 9.17) is 0 Å². The lowest BCUT2D eigenvalue weighted by Crippen LogP contribution is -2.52. The quantitative estimate of drug-likeness (QED) is 0.858. The molecule has 0 spiro atoms. The topological polar surface area (TPSA) is 46.9 Å². The Balaban J connectivity index is 2.42. The fourth-order valence-corrected chi connectivity index (χ4v) is 2.36. The van der Waals surface area contributed by atoms with Crippen molar-refractivity contribution in [2.24, 2.45) is 0 Å². The molecule has 4 heteroatoms. The Morgan fingerprint density at radius 2 is 1.42 bits per heavy atom. The van der Waals surface area contributed by atoms with Crippen LogP contribution in [0.15, 0.2) is 30.8 Å². The second-order valence-electron chi connectivity index (χ2n) is 6.05. The fourth-order valence-electron chi connectivity index (χ4n) is 2.36. The highest BCUT2D eigenvalue weighted by molar-refractivity contribution is 5.47. The molecule has 4 nitrogen and oxygen atoms in total. The van der Waals surface area contributed by atoms with Gasteiger partial charge in [-0.3, -0.25) is 0 Å². The van der Waals surface area contributed by atoms with E-state index in [0.29, 0.717) is 0 Å². The first-order valence-corrected chi connectivity index (χ1v) is 6.42. The third-order valence-electron chi connectivity index (χ3n) is 4.58. The molecule has 1 aromatic rings. The lowest BCUT2D eigenvalue weighted by molar-refractivity contribution is -0.223. The number of rotatable bonds is 2. The molecular formula is C15H22N2O2. The van der Waals surface area contributed by atoms with Crippen molar-refractivity contribution in [3.05, 3.63) is 42.0 Å². The van der Waals surface area contributed by atoms with Gasteiger partial charge in [-0.05, 0) is 38.8 Å². The van der Waals surface area contributed by atoms with E-state index in [9.17, 15) is 10.4 Å². The summed E-state index contributed by atoms with van der Waals surface area (Å²) in [4.78, 5) is 0. The molecule has 1 aliphatic heterocycles. The lowest BCUT2D eigenvalue weighted by Gasteiger charge is -2.37. The first kappa shape index (κ1) is 14.2. The maximum absolute atomic E-state index is 10.4. The molecule has 0 bridgehead atoms. The van der Waals surface area contributed by atoms with E-state index in [1.807, 2.05) is 52.0 Å². The van der Waals surface area contributed by atoms with Crippen molar-refractivity contribution in [1.82, 2.24) is 10.1 Å². The van der Waals surface area contributed by atoms with Crippen LogP contribution < -0.4 is 0 Å². The number of hydrogen-bond acceptors (Lipinski definition) is 4. The molecule has 1 aromatic carbocycles. The molecule has 2 N–H and O–H groups in total. The summed E-state index contributed by atoms with van der Waals surface area (Å²) >= 11 is 0. The molecule has 1 aliphatic rings. The van der Waals surface area contributed by atoms with Gasteiger partial charge in [0.05, 0.1) is 11.1 Å². The zero-order chi connectivity index (χ0) is 14.4. The van der Waals surface area contributed by atoms with Crippen LogP contribution in [0.3, 0.4) is 0 Å². The van der Waals surface area contributed by atoms with Gasteiger partial charge in [-0.2, -0.15) is 10.1 Å². The van der Waals surface area contributed by atoms with Gasteiger partial charge in [0.2, 0.25) is 0 Å². The predicted octanol–water partition coefficient (Wildman–Crippen LogP) is 3.28. The summed E-state index contributed by atoms with van der Waals surface area (Å²) in [5.74, 6) is 0. The summed E-state index contributed by atoms with van der Waals surface area (Å²) in [5, 5.41) is 23.3. The summed E-state index contributed by atoms with van der Waals surface area (Å²) in [6.07, 6.45) is 1.20. The highest BCUT2D eigenvalue weighted by Gasteiger charge is 2.58. The van der Waals surface area contributed by atoms with Crippen molar-refractivity contribution < 1.29 is 10.4 Å². The zero-order valence-corrected chi connectivity index (χ0v) is 12.0. The molecule has 0 aliphatic carbocycles. The van der Waals surface area contributed by atoms with Gasteiger partial charge in [0.15, 0.2) is 0 Å². The van der Waals surface area contributed by atoms with Crippen LogP contribution in [0, 0.1) is 0 Å². The van der Waals surface area contributed by atoms with Gasteiger partial charge < -0.3 is 10.4 Å². The molecule has 1 fully saturated rings. The minimum Gasteiger partial charge on any atom is -0.311 e. The van der Waals surface area contributed by atoms with Crippen molar-refractivity contribution in [3.63, 3.8) is 0 Å². The number of benzene rings is 1. The summed E-state index contributed by atoms with van der Waals surface area (Å²) in [7, 11) is 0. The third kappa shape index (κ3) is 1.92. The maximum Gasteiger partial charge on any atom is 0.136 e. The van der Waals surface area contributed by atoms with E-state index in [0.717, 1.165) is 11.1 Å². The standard InChI is InChI=1S/C15H22N2O2/c1-6-11-7-9-12(10-8-11)13-16(18)14(2,3)15(4,5)17(13)19/h6-10,13,18-19H,1H2,2-5H3. The minimum absolute atomic E-state index is 0.566. The first-order chi connectivity index (χ1) is 8.73. The zero-order valence-electron chi connectivity index (χ0n) is 12.0. The summed E-state index contributed by atoms with van der Waals surface area (Å²) in [6.45, 7) is 11.4. The van der Waals surface area contributed by atoms with Gasteiger partial charge in [-0.25, -0.2) is 0 Å². The monoisotopic (exact) mass is 262 g/mol. The van der Waals surface area contributed by atoms with Crippen molar-refractivity contribution in [2.75, 3.05) is 0 Å². The Kier molecular flexibility index (Phi) is 3.31. The molecule has 0 unspecified atom stereocenters. The van der Waals surface area contributed by atoms with Gasteiger partial charge in [0.1, 0.15) is 6.17 Å². The highest BCUT2D eigenvalue weighted by atomic mass is 16.6. The number of nitrogens with zero attached hydrogens (tertiary/aromatic N) is 2. The van der Waals surface area contributed by atoms with Crippen molar-refractivity contribution in [3.8, 4) is 0 Å². The van der Waals surface area contributed by atoms with E-state index in [1.165, 1.54) is 10.1 Å². The van der Waals surface area contributed by atoms with Crippen LogP contribution in [0.2, 0.25) is 0 Å². The second kappa shape index (κ2) is 4.42. The smallest absolute Gasteiger partial charge is 0.136 e. The van der Waals surface area contributed by atoms with Crippen LogP contribution in [0.4, 0.5) is 0 Å². The van der Waals surface area contributed by atoms with Gasteiger partial charge in [-0.15, -0.1) is 0 Å². The van der Waals surface area contributed by atoms with Crippen LogP contribution in [0.25, 0.3) is 6.08 Å². The predicted molar refractivity (Wildman–Crippen MR) is 74.7 cm³/mol. The molecule has 0 aromatic heterocycles. The van der Waals surface area contributed by atoms with Crippen LogP contribution >= 0.6 is 0 Å². The fraction of sp³-hybridized carbons (Fsp3) is 0.467. The molecule has 19 heavy (non-hydrogen) atoms. The molecule has 0 atom stereocenters. The Morgan fingerprint density at radius 1 is 1.00 bits per heavy atom. The van der Waals surface area contributed by atoms with E-state index < -0.39 is 17.2 Å². The van der Waals surface area contributed by atoms with Gasteiger partial charge in [0.25, 0.3) is 0 Å². The molecule has 0 amide bonds. The lowest BCUT2D eigenvalue weighted by atomic mass is 9.84. The van der Waals surface area contributed by atoms with Crippen LogP contribution in [-0.2, 0) is 0 Å². The Bertz CT molecular complexity index is 459. The van der Waals surface area contributed by atoms with Crippen molar-refractivity contribution >= 4 is 6.08 Å². The molecule has 1 heterocycles. The van der Waals surface area contributed by atoms with E-state index in [-0.39, 0.29) is 0 Å². The molecule has 104 valence electrons. The Labute approximate surface area is 114 Å². The summed E-state index contributed by atoms with van der Waals surface area (Å²) < 4.78 is 0. The molecule has 0 radical (unpaired) electrons. The van der Waals surface area contributed by atoms with Gasteiger partial charge >= 0.3 is 0 Å². The number of hydrogen-bond donors (Lipinski definition) is 2. The van der Waals surface area contributed by atoms with E-state index in [2.05, 4.69) is 6.58 Å². The molecule has 0 saturated carbocycles. The third-order valence-corrected chi connectivity index (χ3v) is 4.58. The van der Waals surface area contributed by atoms with Crippen molar-refractivity contribution in [2.45, 2.75) is 44.9 Å². The van der Waals surface area contributed by atoms with Crippen molar-refractivity contribution in [1.29, 1.82) is 0 Å². The first-order valence-electron chi connectivity index (χ1n) is 6.42. The molecule has 2 rings (SSSR count). The largest absolute Gasteiger partial charge is 0.311 e. The minimum atomic E-state index is -0.566. The second-order valence-corrected chi connectivity index (χ2v) is 6.05.